The number of ether oxygens (including phenoxy) is 1. The van der Waals surface area contributed by atoms with Crippen molar-refractivity contribution in [3.05, 3.63) is 35.9 Å². The molecule has 0 bridgehead atoms. The molecule has 3 amide bonds. The summed E-state index contributed by atoms with van der Waals surface area (Å²) < 4.78 is 5.22. The maximum Gasteiger partial charge on any atom is 0.423 e. The number of carbonyl (C=O) groups is 3. The monoisotopic (exact) mass is 331 g/mol. The number of carbonyl (C=O) groups excluding carboxylic acids is 3. The lowest BCUT2D eigenvalue weighted by molar-refractivity contribution is -0.146. The molecule has 0 aliphatic carbocycles. The average Bonchev–Trinajstić information content (AvgIpc) is 2.61. The van der Waals surface area contributed by atoms with Crippen LogP contribution in [0.2, 0.25) is 0 Å². The van der Waals surface area contributed by atoms with Gasteiger partial charge in [0.15, 0.2) is 0 Å². The van der Waals surface area contributed by atoms with Gasteiger partial charge in [0.05, 0.1) is 0 Å². The number of likely N-dealkylation sites (tertiary alicyclic amines) is 1. The SMILES string of the molecule is CC1CC(C)[C@H](C(C)C)C(=O)N(C(=O)OCc2ccccc2)C1=O. The molecule has 0 spiro atoms. The number of nitrogens with zero attached hydrogens (tertiary/aromatic N) is 1. The summed E-state index contributed by atoms with van der Waals surface area (Å²) in [7, 11) is 0. The molecule has 2 rings (SSSR count). The number of imide groups is 3. The van der Waals surface area contributed by atoms with E-state index in [0.29, 0.717) is 6.42 Å². The Bertz CT molecular complexity index is 611. The minimum absolute atomic E-state index is 0.0347. The lowest BCUT2D eigenvalue weighted by atomic mass is 9.80. The summed E-state index contributed by atoms with van der Waals surface area (Å²) in [6.07, 6.45) is -0.281. The van der Waals surface area contributed by atoms with Crippen LogP contribution in [-0.4, -0.2) is 22.8 Å². The van der Waals surface area contributed by atoms with E-state index in [2.05, 4.69) is 0 Å². The van der Waals surface area contributed by atoms with Gasteiger partial charge in [-0.2, -0.15) is 4.90 Å². The smallest absolute Gasteiger partial charge is 0.423 e. The van der Waals surface area contributed by atoms with Crippen molar-refractivity contribution in [3.63, 3.8) is 0 Å². The van der Waals surface area contributed by atoms with E-state index in [9.17, 15) is 14.4 Å². The van der Waals surface area contributed by atoms with Gasteiger partial charge in [-0.25, -0.2) is 4.79 Å². The van der Waals surface area contributed by atoms with Crippen LogP contribution in [0.5, 0.6) is 0 Å². The molecule has 0 aromatic heterocycles. The van der Waals surface area contributed by atoms with Crippen LogP contribution in [0.3, 0.4) is 0 Å². The molecule has 3 atom stereocenters. The molecule has 0 N–H and O–H groups in total. The second-order valence-corrected chi connectivity index (χ2v) is 6.94. The Morgan fingerprint density at radius 3 is 2.38 bits per heavy atom. The van der Waals surface area contributed by atoms with E-state index in [1.807, 2.05) is 51.1 Å². The molecule has 1 fully saturated rings. The predicted octanol–water partition coefficient (Wildman–Crippen LogP) is 3.63. The molecule has 0 saturated carbocycles. The van der Waals surface area contributed by atoms with Gasteiger partial charge < -0.3 is 4.74 Å². The summed E-state index contributed by atoms with van der Waals surface area (Å²) in [4.78, 5) is 38.5. The van der Waals surface area contributed by atoms with Gasteiger partial charge in [-0.15, -0.1) is 0 Å². The van der Waals surface area contributed by atoms with Crippen molar-refractivity contribution in [1.29, 1.82) is 0 Å². The second-order valence-electron chi connectivity index (χ2n) is 6.94. The quantitative estimate of drug-likeness (QED) is 0.794. The third-order valence-electron chi connectivity index (χ3n) is 4.59. The highest BCUT2D eigenvalue weighted by Crippen LogP contribution is 2.33. The molecular weight excluding hydrogens is 306 g/mol. The van der Waals surface area contributed by atoms with E-state index in [1.54, 1.807) is 6.92 Å². The third kappa shape index (κ3) is 3.83. The maximum absolute atomic E-state index is 12.8. The fourth-order valence-corrected chi connectivity index (χ4v) is 3.43. The van der Waals surface area contributed by atoms with Gasteiger partial charge in [0.2, 0.25) is 11.8 Å². The van der Waals surface area contributed by atoms with Crippen LogP contribution in [0.1, 0.15) is 39.7 Å². The first-order chi connectivity index (χ1) is 11.3. The molecule has 24 heavy (non-hydrogen) atoms. The van der Waals surface area contributed by atoms with Crippen molar-refractivity contribution < 1.29 is 19.1 Å². The van der Waals surface area contributed by atoms with E-state index in [1.165, 1.54) is 0 Å². The molecule has 1 saturated heterocycles. The summed E-state index contributed by atoms with van der Waals surface area (Å²) >= 11 is 0. The molecule has 1 aromatic rings. The first-order valence-corrected chi connectivity index (χ1v) is 8.41. The van der Waals surface area contributed by atoms with Crippen LogP contribution in [0.4, 0.5) is 4.79 Å². The standard InChI is InChI=1S/C19H25NO4/c1-12(2)16-13(3)10-14(4)17(21)20(18(16)22)19(23)24-11-15-8-6-5-7-9-15/h5-9,12-14,16H,10-11H2,1-4H3/t13?,14?,16-/m0/s1. The minimum atomic E-state index is -0.875. The summed E-state index contributed by atoms with van der Waals surface area (Å²) in [5, 5.41) is 0. The van der Waals surface area contributed by atoms with Crippen LogP contribution in [-0.2, 0) is 20.9 Å². The summed E-state index contributed by atoms with van der Waals surface area (Å²) in [5.41, 5.74) is 0.808. The van der Waals surface area contributed by atoms with Crippen molar-refractivity contribution in [2.24, 2.45) is 23.7 Å². The third-order valence-corrected chi connectivity index (χ3v) is 4.59. The van der Waals surface area contributed by atoms with Crippen molar-refractivity contribution in [3.8, 4) is 0 Å². The van der Waals surface area contributed by atoms with Gasteiger partial charge >= 0.3 is 6.09 Å². The van der Waals surface area contributed by atoms with Crippen molar-refractivity contribution in [2.75, 3.05) is 0 Å². The van der Waals surface area contributed by atoms with Gasteiger partial charge in [-0.3, -0.25) is 9.59 Å². The minimum Gasteiger partial charge on any atom is -0.444 e. The summed E-state index contributed by atoms with van der Waals surface area (Å²) in [5.74, 6) is -1.54. The zero-order chi connectivity index (χ0) is 17.9. The van der Waals surface area contributed by atoms with Crippen molar-refractivity contribution in [2.45, 2.75) is 40.7 Å². The van der Waals surface area contributed by atoms with Gasteiger partial charge in [0.25, 0.3) is 0 Å². The highest BCUT2D eigenvalue weighted by Gasteiger charge is 2.44. The molecule has 5 heteroatoms. The van der Waals surface area contributed by atoms with Crippen LogP contribution in [0.15, 0.2) is 30.3 Å². The first-order valence-electron chi connectivity index (χ1n) is 8.41. The molecule has 0 radical (unpaired) electrons. The van der Waals surface area contributed by atoms with Crippen LogP contribution < -0.4 is 0 Å². The largest absolute Gasteiger partial charge is 0.444 e. The Morgan fingerprint density at radius 1 is 1.17 bits per heavy atom. The normalized spacial score (nSPS) is 24.9. The van der Waals surface area contributed by atoms with Gasteiger partial charge in [-0.1, -0.05) is 58.0 Å². The number of amides is 3. The van der Waals surface area contributed by atoms with E-state index < -0.39 is 17.9 Å². The zero-order valence-corrected chi connectivity index (χ0v) is 14.7. The maximum atomic E-state index is 12.8. The number of hydrogen-bond donors (Lipinski definition) is 0. The lowest BCUT2D eigenvalue weighted by Gasteiger charge is -2.26. The topological polar surface area (TPSA) is 63.7 Å². The Balaban J connectivity index is 2.19. The Hall–Kier alpha value is -2.17. The molecule has 130 valence electrons. The number of rotatable bonds is 3. The lowest BCUT2D eigenvalue weighted by Crippen LogP contribution is -2.46. The molecular formula is C19H25NO4. The van der Waals surface area contributed by atoms with Gasteiger partial charge in [0, 0.05) is 11.8 Å². The van der Waals surface area contributed by atoms with Crippen LogP contribution >= 0.6 is 0 Å². The van der Waals surface area contributed by atoms with E-state index in [0.717, 1.165) is 10.5 Å². The summed E-state index contributed by atoms with van der Waals surface area (Å²) in [6, 6.07) is 9.18. The molecule has 2 unspecified atom stereocenters. The highest BCUT2D eigenvalue weighted by molar-refractivity contribution is 6.10. The molecule has 1 aliphatic rings. The predicted molar refractivity (Wildman–Crippen MR) is 89.8 cm³/mol. The summed E-state index contributed by atoms with van der Waals surface area (Å²) in [6.45, 7) is 7.63. The van der Waals surface area contributed by atoms with Crippen LogP contribution in [0, 0.1) is 23.7 Å². The number of benzene rings is 1. The van der Waals surface area contributed by atoms with E-state index in [4.69, 9.17) is 4.74 Å². The molecule has 5 nitrogen and oxygen atoms in total. The Kier molecular flexibility index (Phi) is 5.75. The Morgan fingerprint density at radius 2 is 1.79 bits per heavy atom. The average molecular weight is 331 g/mol. The van der Waals surface area contributed by atoms with E-state index in [-0.39, 0.29) is 30.3 Å². The molecule has 1 aliphatic heterocycles. The van der Waals surface area contributed by atoms with Gasteiger partial charge in [0.1, 0.15) is 6.61 Å². The fourth-order valence-electron chi connectivity index (χ4n) is 3.43. The molecule has 1 heterocycles. The highest BCUT2D eigenvalue weighted by atomic mass is 16.6. The van der Waals surface area contributed by atoms with E-state index >= 15 is 0 Å². The van der Waals surface area contributed by atoms with Crippen LogP contribution in [0.25, 0.3) is 0 Å². The van der Waals surface area contributed by atoms with Crippen molar-refractivity contribution >= 4 is 17.9 Å². The second kappa shape index (κ2) is 7.60. The molecule has 1 aromatic carbocycles. The zero-order valence-electron chi connectivity index (χ0n) is 14.7. The van der Waals surface area contributed by atoms with Crippen molar-refractivity contribution in [1.82, 2.24) is 4.90 Å². The fraction of sp³-hybridized carbons (Fsp3) is 0.526. The Labute approximate surface area is 143 Å². The number of hydrogen-bond acceptors (Lipinski definition) is 4. The first kappa shape index (κ1) is 18.2. The van der Waals surface area contributed by atoms with Gasteiger partial charge in [-0.05, 0) is 23.8 Å².